The number of hydrogen-bond donors (Lipinski definition) is 0. The Morgan fingerprint density at radius 1 is 0.667 bits per heavy atom. The SMILES string of the molecule is CCCCCCCCCCCCCCCC1C(C)=C1C1=C(C)C2=C1CCC2. The molecule has 0 spiro atoms. The Hall–Kier alpha value is -0.780. The third-order valence-corrected chi connectivity index (χ3v) is 7.43. The van der Waals surface area contributed by atoms with Crippen LogP contribution in [0.3, 0.4) is 0 Å². The van der Waals surface area contributed by atoms with Gasteiger partial charge in [-0.05, 0) is 67.4 Å². The van der Waals surface area contributed by atoms with Gasteiger partial charge in [0.2, 0.25) is 0 Å². The molecule has 3 aliphatic rings. The summed E-state index contributed by atoms with van der Waals surface area (Å²) in [6.07, 6.45) is 24.5. The second-order valence-corrected chi connectivity index (χ2v) is 9.49. The van der Waals surface area contributed by atoms with Crippen molar-refractivity contribution in [3.05, 3.63) is 33.4 Å². The predicted molar refractivity (Wildman–Crippen MR) is 120 cm³/mol. The Bertz CT molecular complexity index is 583. The van der Waals surface area contributed by atoms with Crippen molar-refractivity contribution < 1.29 is 0 Å². The highest BCUT2D eigenvalue weighted by atomic mass is 14.5. The Kier molecular flexibility index (Phi) is 8.28. The average Bonchev–Trinajstić information content (AvgIpc) is 3.09. The maximum atomic E-state index is 2.40. The highest BCUT2D eigenvalue weighted by Gasteiger charge is 2.41. The molecule has 0 bridgehead atoms. The van der Waals surface area contributed by atoms with Gasteiger partial charge in [0.1, 0.15) is 0 Å². The van der Waals surface area contributed by atoms with E-state index in [1.165, 1.54) is 109 Å². The number of hydrogen-bond acceptors (Lipinski definition) is 0. The Morgan fingerprint density at radius 2 is 1.19 bits per heavy atom. The molecular weight excluding hydrogens is 324 g/mol. The Labute approximate surface area is 169 Å². The minimum absolute atomic E-state index is 0.859. The third kappa shape index (κ3) is 5.39. The number of unbranched alkanes of at least 4 members (excludes halogenated alkanes) is 12. The van der Waals surface area contributed by atoms with Crippen molar-refractivity contribution in [2.75, 3.05) is 0 Å². The zero-order valence-electron chi connectivity index (χ0n) is 18.6. The summed E-state index contributed by atoms with van der Waals surface area (Å²) in [5.74, 6) is 0.859. The quantitative estimate of drug-likeness (QED) is 0.253. The van der Waals surface area contributed by atoms with Crippen molar-refractivity contribution in [2.45, 2.75) is 130 Å². The highest BCUT2D eigenvalue weighted by Crippen LogP contribution is 2.57. The van der Waals surface area contributed by atoms with Crippen LogP contribution in [0, 0.1) is 5.92 Å². The number of allylic oxidation sites excluding steroid dienone is 6. The van der Waals surface area contributed by atoms with Crippen molar-refractivity contribution in [3.8, 4) is 0 Å². The molecule has 1 unspecified atom stereocenters. The molecule has 152 valence electrons. The van der Waals surface area contributed by atoms with Crippen LogP contribution in [-0.4, -0.2) is 0 Å². The van der Waals surface area contributed by atoms with Gasteiger partial charge in [-0.2, -0.15) is 0 Å². The molecule has 3 aliphatic carbocycles. The predicted octanol–water partition coefficient (Wildman–Crippen LogP) is 9.22. The molecule has 0 saturated carbocycles. The van der Waals surface area contributed by atoms with Crippen LogP contribution in [0.1, 0.15) is 130 Å². The van der Waals surface area contributed by atoms with E-state index in [-0.39, 0.29) is 0 Å². The summed E-state index contributed by atoms with van der Waals surface area (Å²) in [6, 6.07) is 0. The van der Waals surface area contributed by atoms with Crippen molar-refractivity contribution in [1.29, 1.82) is 0 Å². The second kappa shape index (κ2) is 10.7. The lowest BCUT2D eigenvalue weighted by molar-refractivity contribution is 0.531. The maximum Gasteiger partial charge on any atom is 0.00574 e. The van der Waals surface area contributed by atoms with Gasteiger partial charge in [-0.1, -0.05) is 96.0 Å². The van der Waals surface area contributed by atoms with E-state index >= 15 is 0 Å². The van der Waals surface area contributed by atoms with Crippen molar-refractivity contribution in [1.82, 2.24) is 0 Å². The van der Waals surface area contributed by atoms with Crippen LogP contribution in [-0.2, 0) is 0 Å². The molecular formula is C27H44. The minimum atomic E-state index is 0.859. The summed E-state index contributed by atoms with van der Waals surface area (Å²) in [6.45, 7) is 7.08. The summed E-state index contributed by atoms with van der Waals surface area (Å²) < 4.78 is 0. The van der Waals surface area contributed by atoms with Gasteiger partial charge in [0.25, 0.3) is 0 Å². The molecule has 0 fully saturated rings. The fourth-order valence-corrected chi connectivity index (χ4v) is 5.60. The molecule has 0 heteroatoms. The number of rotatable bonds is 15. The molecule has 3 rings (SSSR count). The first kappa shape index (κ1) is 20.9. The minimum Gasteiger partial charge on any atom is -0.0654 e. The van der Waals surface area contributed by atoms with E-state index in [9.17, 15) is 0 Å². The summed E-state index contributed by atoms with van der Waals surface area (Å²) >= 11 is 0. The van der Waals surface area contributed by atoms with Gasteiger partial charge in [0, 0.05) is 5.92 Å². The molecule has 0 aliphatic heterocycles. The third-order valence-electron chi connectivity index (χ3n) is 7.43. The molecule has 0 radical (unpaired) electrons. The summed E-state index contributed by atoms with van der Waals surface area (Å²) in [5.41, 5.74) is 10.4. The van der Waals surface area contributed by atoms with Gasteiger partial charge in [-0.15, -0.1) is 0 Å². The van der Waals surface area contributed by atoms with Gasteiger partial charge in [-0.25, -0.2) is 0 Å². The van der Waals surface area contributed by atoms with Crippen LogP contribution in [0.2, 0.25) is 0 Å². The van der Waals surface area contributed by atoms with E-state index in [0.717, 1.165) is 5.92 Å². The largest absolute Gasteiger partial charge is 0.0654 e. The van der Waals surface area contributed by atoms with Crippen molar-refractivity contribution in [3.63, 3.8) is 0 Å². The fourth-order valence-electron chi connectivity index (χ4n) is 5.60. The molecule has 1 atom stereocenters. The maximum absolute atomic E-state index is 2.40. The summed E-state index contributed by atoms with van der Waals surface area (Å²) in [4.78, 5) is 0. The lowest BCUT2D eigenvalue weighted by Gasteiger charge is -2.24. The smallest absolute Gasteiger partial charge is 0.00574 e. The molecule has 0 saturated heterocycles. The first-order chi connectivity index (χ1) is 13.3. The Balaban J connectivity index is 1.14. The van der Waals surface area contributed by atoms with Crippen LogP contribution in [0.25, 0.3) is 0 Å². The normalized spacial score (nSPS) is 21.2. The monoisotopic (exact) mass is 368 g/mol. The van der Waals surface area contributed by atoms with Crippen LogP contribution >= 0.6 is 0 Å². The lowest BCUT2D eigenvalue weighted by atomic mass is 9.80. The van der Waals surface area contributed by atoms with E-state index in [0.29, 0.717) is 0 Å². The van der Waals surface area contributed by atoms with E-state index < -0.39 is 0 Å². The van der Waals surface area contributed by atoms with Crippen molar-refractivity contribution >= 4 is 0 Å². The molecule has 0 aromatic rings. The van der Waals surface area contributed by atoms with E-state index in [2.05, 4.69) is 20.8 Å². The van der Waals surface area contributed by atoms with Crippen LogP contribution in [0.5, 0.6) is 0 Å². The first-order valence-corrected chi connectivity index (χ1v) is 12.4. The topological polar surface area (TPSA) is 0 Å². The van der Waals surface area contributed by atoms with Gasteiger partial charge in [0.05, 0.1) is 0 Å². The molecule has 0 aromatic carbocycles. The molecule has 0 nitrogen and oxygen atoms in total. The summed E-state index contributed by atoms with van der Waals surface area (Å²) in [5, 5.41) is 0. The molecule has 0 N–H and O–H groups in total. The van der Waals surface area contributed by atoms with E-state index in [1.54, 1.807) is 33.4 Å². The van der Waals surface area contributed by atoms with Gasteiger partial charge >= 0.3 is 0 Å². The first-order valence-electron chi connectivity index (χ1n) is 12.4. The zero-order chi connectivity index (χ0) is 19.1. The van der Waals surface area contributed by atoms with Gasteiger partial charge in [0.15, 0.2) is 0 Å². The lowest BCUT2D eigenvalue weighted by Crippen LogP contribution is -2.06. The Morgan fingerprint density at radius 3 is 1.78 bits per heavy atom. The van der Waals surface area contributed by atoms with Gasteiger partial charge in [-0.3, -0.25) is 0 Å². The van der Waals surface area contributed by atoms with Crippen LogP contribution in [0.4, 0.5) is 0 Å². The average molecular weight is 369 g/mol. The van der Waals surface area contributed by atoms with Gasteiger partial charge < -0.3 is 0 Å². The van der Waals surface area contributed by atoms with E-state index in [1.807, 2.05) is 0 Å². The molecule has 0 aromatic heterocycles. The molecule has 0 heterocycles. The second-order valence-electron chi connectivity index (χ2n) is 9.49. The zero-order valence-corrected chi connectivity index (χ0v) is 18.6. The fraction of sp³-hybridized carbons (Fsp3) is 0.778. The molecule has 27 heavy (non-hydrogen) atoms. The molecule has 0 amide bonds. The van der Waals surface area contributed by atoms with E-state index in [4.69, 9.17) is 0 Å². The standard InChI is InChI=1S/C27H44/c1-4-5-6-7-8-9-10-11-12-13-14-15-16-18-24-22(3)26(24)27-21(2)23-19-17-20-25(23)27/h24H,4-20H2,1-3H3. The summed E-state index contributed by atoms with van der Waals surface area (Å²) in [7, 11) is 0. The van der Waals surface area contributed by atoms with Crippen LogP contribution in [0.15, 0.2) is 33.4 Å². The van der Waals surface area contributed by atoms with Crippen LogP contribution < -0.4 is 0 Å². The van der Waals surface area contributed by atoms with Crippen molar-refractivity contribution in [2.24, 2.45) is 5.92 Å². The highest BCUT2D eigenvalue weighted by molar-refractivity contribution is 5.73.